The van der Waals surface area contributed by atoms with Crippen molar-refractivity contribution >= 4 is 17.1 Å². The van der Waals surface area contributed by atoms with E-state index in [-0.39, 0.29) is 5.78 Å². The minimum absolute atomic E-state index is 0.201. The zero-order chi connectivity index (χ0) is 6.85. The van der Waals surface area contributed by atoms with Crippen LogP contribution in [0.15, 0.2) is 5.38 Å². The Balaban J connectivity index is 2.98. The SMILES string of the molecule is [CH2]C(=O)c1nc(C)cs1. The summed E-state index contributed by atoms with van der Waals surface area (Å²) in [6.07, 6.45) is 0. The molecule has 0 unspecified atom stereocenters. The summed E-state index contributed by atoms with van der Waals surface area (Å²) in [7, 11) is 0. The number of hydrogen-bond donors (Lipinski definition) is 0. The van der Waals surface area contributed by atoms with Crippen LogP contribution in [0.25, 0.3) is 0 Å². The second kappa shape index (κ2) is 2.27. The maximum atomic E-state index is 10.5. The van der Waals surface area contributed by atoms with Crippen LogP contribution in [0.2, 0.25) is 0 Å². The van der Waals surface area contributed by atoms with Crippen LogP contribution in [0.5, 0.6) is 0 Å². The summed E-state index contributed by atoms with van der Waals surface area (Å²) in [5.74, 6) is -0.201. The Labute approximate surface area is 57.5 Å². The molecule has 0 fully saturated rings. The van der Waals surface area contributed by atoms with Crippen molar-refractivity contribution < 1.29 is 4.79 Å². The Kier molecular flexibility index (Phi) is 1.62. The number of thiazole rings is 1. The van der Waals surface area contributed by atoms with Gasteiger partial charge in [0.05, 0.1) is 0 Å². The molecule has 0 aliphatic rings. The van der Waals surface area contributed by atoms with Gasteiger partial charge in [-0.25, -0.2) is 4.98 Å². The molecular formula is C6H6NOS. The number of aryl methyl sites for hydroxylation is 1. The number of carbonyl (C=O) groups is 1. The Hall–Kier alpha value is -0.700. The normalized spacial score (nSPS) is 9.56. The van der Waals surface area contributed by atoms with Gasteiger partial charge in [-0.2, -0.15) is 0 Å². The lowest BCUT2D eigenvalue weighted by Gasteiger charge is -1.79. The van der Waals surface area contributed by atoms with Gasteiger partial charge in [-0.15, -0.1) is 11.3 Å². The smallest absolute Gasteiger partial charge is 0.191 e. The number of Topliss-reactive ketones (excluding diaryl/α,β-unsaturated/α-hetero) is 1. The molecule has 1 heterocycles. The van der Waals surface area contributed by atoms with E-state index in [0.29, 0.717) is 5.01 Å². The molecule has 47 valence electrons. The fraction of sp³-hybridized carbons (Fsp3) is 0.167. The van der Waals surface area contributed by atoms with Crippen molar-refractivity contribution in [3.8, 4) is 0 Å². The lowest BCUT2D eigenvalue weighted by Crippen LogP contribution is -1.89. The molecule has 1 radical (unpaired) electrons. The first-order valence-corrected chi connectivity index (χ1v) is 3.36. The molecule has 2 nitrogen and oxygen atoms in total. The topological polar surface area (TPSA) is 30.0 Å². The maximum absolute atomic E-state index is 10.5. The van der Waals surface area contributed by atoms with Crippen molar-refractivity contribution in [3.05, 3.63) is 23.0 Å². The van der Waals surface area contributed by atoms with Crippen LogP contribution >= 0.6 is 11.3 Å². The summed E-state index contributed by atoms with van der Waals surface area (Å²) >= 11 is 1.33. The van der Waals surface area contributed by atoms with Crippen LogP contribution in [0, 0.1) is 13.8 Å². The molecule has 9 heavy (non-hydrogen) atoms. The van der Waals surface area contributed by atoms with Gasteiger partial charge >= 0.3 is 0 Å². The molecule has 0 bridgehead atoms. The lowest BCUT2D eigenvalue weighted by molar-refractivity contribution is 0.104. The summed E-state index contributed by atoms with van der Waals surface area (Å²) < 4.78 is 0. The molecule has 0 atom stereocenters. The molecular weight excluding hydrogens is 134 g/mol. The van der Waals surface area contributed by atoms with Gasteiger partial charge < -0.3 is 0 Å². The van der Waals surface area contributed by atoms with Crippen LogP contribution < -0.4 is 0 Å². The third-order valence-corrected chi connectivity index (χ3v) is 1.86. The van der Waals surface area contributed by atoms with Crippen LogP contribution in [-0.2, 0) is 0 Å². The highest BCUT2D eigenvalue weighted by Gasteiger charge is 2.01. The molecule has 0 aliphatic heterocycles. The summed E-state index contributed by atoms with van der Waals surface area (Å²) in [6.45, 7) is 5.08. The number of carbonyl (C=O) groups excluding carboxylic acids is 1. The standard InChI is InChI=1S/C6H6NOS/c1-4-3-9-6(7-4)5(2)8/h3H,2H2,1H3. The second-order valence-corrected chi connectivity index (χ2v) is 2.58. The van der Waals surface area contributed by atoms with Crippen molar-refractivity contribution in [3.63, 3.8) is 0 Å². The highest BCUT2D eigenvalue weighted by atomic mass is 32.1. The van der Waals surface area contributed by atoms with Gasteiger partial charge in [0.15, 0.2) is 10.8 Å². The van der Waals surface area contributed by atoms with Crippen LogP contribution in [0.3, 0.4) is 0 Å². The van der Waals surface area contributed by atoms with E-state index in [0.717, 1.165) is 5.69 Å². The molecule has 0 aliphatic carbocycles. The minimum atomic E-state index is -0.201. The Morgan fingerprint density at radius 2 is 2.56 bits per heavy atom. The van der Waals surface area contributed by atoms with Crippen molar-refractivity contribution in [1.29, 1.82) is 0 Å². The molecule has 0 saturated heterocycles. The Bertz CT molecular complexity index is 229. The van der Waals surface area contributed by atoms with E-state index in [4.69, 9.17) is 0 Å². The quantitative estimate of drug-likeness (QED) is 0.553. The zero-order valence-electron chi connectivity index (χ0n) is 5.05. The number of hydrogen-bond acceptors (Lipinski definition) is 3. The van der Waals surface area contributed by atoms with Crippen molar-refractivity contribution in [2.75, 3.05) is 0 Å². The number of nitrogens with zero attached hydrogens (tertiary/aromatic N) is 1. The zero-order valence-corrected chi connectivity index (χ0v) is 5.86. The maximum Gasteiger partial charge on any atom is 0.191 e. The van der Waals surface area contributed by atoms with Gasteiger partial charge in [0.25, 0.3) is 0 Å². The van der Waals surface area contributed by atoms with Gasteiger partial charge in [-0.05, 0) is 6.92 Å². The first-order chi connectivity index (χ1) is 4.20. The van der Waals surface area contributed by atoms with Gasteiger partial charge in [0, 0.05) is 18.0 Å². The fourth-order valence-corrected chi connectivity index (χ4v) is 1.15. The van der Waals surface area contributed by atoms with E-state index in [1.165, 1.54) is 11.3 Å². The monoisotopic (exact) mass is 140 g/mol. The van der Waals surface area contributed by atoms with Crippen LogP contribution in [-0.4, -0.2) is 10.8 Å². The van der Waals surface area contributed by atoms with Crippen LogP contribution in [0.1, 0.15) is 15.5 Å². The Morgan fingerprint density at radius 1 is 1.89 bits per heavy atom. The van der Waals surface area contributed by atoms with Crippen molar-refractivity contribution in [2.24, 2.45) is 0 Å². The number of ketones is 1. The second-order valence-electron chi connectivity index (χ2n) is 1.72. The first-order valence-electron chi connectivity index (χ1n) is 2.48. The average Bonchev–Trinajstić information content (AvgIpc) is 2.14. The molecule has 0 N–H and O–H groups in total. The van der Waals surface area contributed by atoms with Crippen LogP contribution in [0.4, 0.5) is 0 Å². The summed E-state index contributed by atoms with van der Waals surface area (Å²) in [6, 6.07) is 0. The largest absolute Gasteiger partial charge is 0.292 e. The van der Waals surface area contributed by atoms with E-state index in [9.17, 15) is 4.79 Å². The molecule has 0 amide bonds. The average molecular weight is 140 g/mol. The van der Waals surface area contributed by atoms with E-state index in [1.807, 2.05) is 12.3 Å². The molecule has 1 rings (SSSR count). The minimum Gasteiger partial charge on any atom is -0.292 e. The lowest BCUT2D eigenvalue weighted by atomic mass is 10.5. The number of rotatable bonds is 1. The molecule has 1 aromatic heterocycles. The van der Waals surface area contributed by atoms with Gasteiger partial charge in [0.1, 0.15) is 0 Å². The highest BCUT2D eigenvalue weighted by molar-refractivity contribution is 7.11. The summed E-state index contributed by atoms with van der Waals surface area (Å²) in [4.78, 5) is 14.4. The van der Waals surface area contributed by atoms with E-state index in [1.54, 1.807) is 0 Å². The van der Waals surface area contributed by atoms with E-state index < -0.39 is 0 Å². The molecule has 0 spiro atoms. The number of aromatic nitrogens is 1. The summed E-state index contributed by atoms with van der Waals surface area (Å²) in [5.41, 5.74) is 0.881. The highest BCUT2D eigenvalue weighted by Crippen LogP contribution is 2.07. The van der Waals surface area contributed by atoms with E-state index in [2.05, 4.69) is 11.9 Å². The van der Waals surface area contributed by atoms with Gasteiger partial charge in [-0.1, -0.05) is 0 Å². The van der Waals surface area contributed by atoms with Gasteiger partial charge in [0.2, 0.25) is 0 Å². The summed E-state index contributed by atoms with van der Waals surface area (Å²) in [5, 5.41) is 2.32. The van der Waals surface area contributed by atoms with Crippen molar-refractivity contribution in [1.82, 2.24) is 4.98 Å². The molecule has 3 heteroatoms. The van der Waals surface area contributed by atoms with Crippen molar-refractivity contribution in [2.45, 2.75) is 6.92 Å². The van der Waals surface area contributed by atoms with E-state index >= 15 is 0 Å². The fourth-order valence-electron chi connectivity index (χ4n) is 0.482. The molecule has 1 aromatic rings. The predicted octanol–water partition coefficient (Wildman–Crippen LogP) is 1.47. The third-order valence-electron chi connectivity index (χ3n) is 0.858. The molecule has 0 aromatic carbocycles. The third kappa shape index (κ3) is 1.36. The first kappa shape index (κ1) is 6.42. The molecule has 0 saturated carbocycles. The predicted molar refractivity (Wildman–Crippen MR) is 36.5 cm³/mol. The Morgan fingerprint density at radius 3 is 2.78 bits per heavy atom. The van der Waals surface area contributed by atoms with Gasteiger partial charge in [-0.3, -0.25) is 4.79 Å².